The first kappa shape index (κ1) is 16.5. The molecule has 1 aliphatic rings. The van der Waals surface area contributed by atoms with Crippen LogP contribution in [0, 0.1) is 0 Å². The molecule has 2 N–H and O–H groups in total. The van der Waals surface area contributed by atoms with Crippen LogP contribution in [0.2, 0.25) is 5.02 Å². The Morgan fingerprint density at radius 2 is 1.88 bits per heavy atom. The van der Waals surface area contributed by atoms with Crippen LogP contribution in [0.1, 0.15) is 23.2 Å². The van der Waals surface area contributed by atoms with Gasteiger partial charge in [0.25, 0.3) is 11.8 Å². The van der Waals surface area contributed by atoms with E-state index in [9.17, 15) is 9.59 Å². The van der Waals surface area contributed by atoms with Crippen molar-refractivity contribution in [2.45, 2.75) is 18.9 Å². The molecule has 1 unspecified atom stereocenters. The third-order valence-electron chi connectivity index (χ3n) is 3.74. The van der Waals surface area contributed by atoms with E-state index in [0.717, 1.165) is 6.42 Å². The Morgan fingerprint density at radius 1 is 1.08 bits per heavy atom. The van der Waals surface area contributed by atoms with Crippen molar-refractivity contribution in [1.29, 1.82) is 0 Å². The van der Waals surface area contributed by atoms with E-state index in [-0.39, 0.29) is 11.8 Å². The minimum atomic E-state index is -0.418. The van der Waals surface area contributed by atoms with E-state index in [1.807, 2.05) is 6.07 Å². The minimum Gasteiger partial charge on any atom is -0.368 e. The Balaban J connectivity index is 1.66. The van der Waals surface area contributed by atoms with Gasteiger partial charge in [-0.25, -0.2) is 0 Å². The summed E-state index contributed by atoms with van der Waals surface area (Å²) < 4.78 is 5.34. The summed E-state index contributed by atoms with van der Waals surface area (Å²) in [6, 6.07) is 13.9. The number of amides is 2. The Morgan fingerprint density at radius 3 is 2.54 bits per heavy atom. The summed E-state index contributed by atoms with van der Waals surface area (Å²) in [5, 5.41) is 5.88. The van der Waals surface area contributed by atoms with Crippen LogP contribution in [-0.4, -0.2) is 24.5 Å². The summed E-state index contributed by atoms with van der Waals surface area (Å²) in [6.45, 7) is 0.607. The summed E-state index contributed by atoms with van der Waals surface area (Å²) in [5.41, 5.74) is 1.61. The van der Waals surface area contributed by atoms with Crippen molar-refractivity contribution >= 4 is 34.8 Å². The predicted molar refractivity (Wildman–Crippen MR) is 93.5 cm³/mol. The highest BCUT2D eigenvalue weighted by Gasteiger charge is 2.24. The smallest absolute Gasteiger partial charge is 0.255 e. The second-order valence-electron chi connectivity index (χ2n) is 5.51. The molecule has 2 aromatic carbocycles. The van der Waals surface area contributed by atoms with Crippen LogP contribution in [0.4, 0.5) is 11.4 Å². The molecule has 1 fully saturated rings. The highest BCUT2D eigenvalue weighted by molar-refractivity contribution is 6.34. The van der Waals surface area contributed by atoms with E-state index >= 15 is 0 Å². The van der Waals surface area contributed by atoms with Crippen LogP contribution >= 0.6 is 11.6 Å². The maximum absolute atomic E-state index is 12.1. The van der Waals surface area contributed by atoms with Gasteiger partial charge in [0.15, 0.2) is 0 Å². The summed E-state index contributed by atoms with van der Waals surface area (Å²) in [5.74, 6) is -0.418. The van der Waals surface area contributed by atoms with Crippen molar-refractivity contribution in [1.82, 2.24) is 0 Å². The third-order valence-corrected chi connectivity index (χ3v) is 4.06. The van der Waals surface area contributed by atoms with Gasteiger partial charge in [0.1, 0.15) is 6.10 Å². The average molecular weight is 345 g/mol. The Hall–Kier alpha value is -2.37. The number of nitrogens with one attached hydrogen (secondary N) is 2. The largest absolute Gasteiger partial charge is 0.368 e. The molecule has 0 saturated carbocycles. The standard InChI is InChI=1S/C18H17ClN2O3/c19-14-11-13(20-17(22)12-5-2-1-3-6-12)8-9-15(14)21-18(23)16-7-4-10-24-16/h1-3,5-6,8-9,11,16H,4,7,10H2,(H,20,22)(H,21,23). The number of hydrogen-bond acceptors (Lipinski definition) is 3. The predicted octanol–water partition coefficient (Wildman–Crippen LogP) is 3.71. The Kier molecular flexibility index (Phi) is 5.13. The van der Waals surface area contributed by atoms with Crippen LogP contribution in [0.5, 0.6) is 0 Å². The van der Waals surface area contributed by atoms with Crippen molar-refractivity contribution < 1.29 is 14.3 Å². The van der Waals surface area contributed by atoms with Crippen LogP contribution in [0.3, 0.4) is 0 Å². The minimum absolute atomic E-state index is 0.199. The number of hydrogen-bond donors (Lipinski definition) is 2. The van der Waals surface area contributed by atoms with Gasteiger partial charge in [-0.2, -0.15) is 0 Å². The molecule has 1 saturated heterocycles. The zero-order valence-electron chi connectivity index (χ0n) is 12.9. The SMILES string of the molecule is O=C(Nc1ccc(NC(=O)C2CCCO2)c(Cl)c1)c1ccccc1. The van der Waals surface area contributed by atoms with Crippen molar-refractivity contribution in [3.63, 3.8) is 0 Å². The molecule has 2 aromatic rings. The number of halogens is 1. The fourth-order valence-electron chi connectivity index (χ4n) is 2.48. The fourth-order valence-corrected chi connectivity index (χ4v) is 2.71. The van der Waals surface area contributed by atoms with E-state index < -0.39 is 6.10 Å². The van der Waals surface area contributed by atoms with Crippen LogP contribution < -0.4 is 10.6 Å². The first-order valence-electron chi connectivity index (χ1n) is 7.72. The fraction of sp³-hybridized carbons (Fsp3) is 0.222. The van der Waals surface area contributed by atoms with E-state index in [1.54, 1.807) is 42.5 Å². The summed E-state index contributed by atoms with van der Waals surface area (Å²) in [4.78, 5) is 24.2. The molecule has 0 spiro atoms. The lowest BCUT2D eigenvalue weighted by Gasteiger charge is -2.13. The quantitative estimate of drug-likeness (QED) is 0.888. The molecule has 0 radical (unpaired) electrons. The van der Waals surface area contributed by atoms with Crippen molar-refractivity contribution in [3.05, 3.63) is 59.1 Å². The molecule has 5 nitrogen and oxygen atoms in total. The van der Waals surface area contributed by atoms with Crippen LogP contribution in [0.15, 0.2) is 48.5 Å². The number of rotatable bonds is 4. The lowest BCUT2D eigenvalue weighted by atomic mass is 10.2. The second-order valence-corrected chi connectivity index (χ2v) is 5.91. The molecule has 0 aromatic heterocycles. The molecule has 3 rings (SSSR count). The number of benzene rings is 2. The van der Waals surface area contributed by atoms with E-state index in [0.29, 0.717) is 35.0 Å². The van der Waals surface area contributed by atoms with Crippen molar-refractivity contribution in [3.8, 4) is 0 Å². The van der Waals surface area contributed by atoms with E-state index in [4.69, 9.17) is 16.3 Å². The van der Waals surface area contributed by atoms with Crippen molar-refractivity contribution in [2.75, 3.05) is 17.2 Å². The van der Waals surface area contributed by atoms with E-state index in [1.165, 1.54) is 0 Å². The van der Waals surface area contributed by atoms with Gasteiger partial charge in [0, 0.05) is 17.9 Å². The summed E-state index contributed by atoms with van der Waals surface area (Å²) >= 11 is 6.20. The zero-order chi connectivity index (χ0) is 16.9. The Bertz CT molecular complexity index is 743. The zero-order valence-corrected chi connectivity index (χ0v) is 13.7. The molecule has 2 amide bonds. The van der Waals surface area contributed by atoms with Crippen LogP contribution in [-0.2, 0) is 9.53 Å². The summed E-state index contributed by atoms with van der Waals surface area (Å²) in [7, 11) is 0. The van der Waals surface area contributed by atoms with Gasteiger partial charge >= 0.3 is 0 Å². The summed E-state index contributed by atoms with van der Waals surface area (Å²) in [6.07, 6.45) is 1.18. The van der Waals surface area contributed by atoms with Gasteiger partial charge in [-0.1, -0.05) is 29.8 Å². The van der Waals surface area contributed by atoms with Gasteiger partial charge < -0.3 is 15.4 Å². The molecule has 0 bridgehead atoms. The van der Waals surface area contributed by atoms with Gasteiger partial charge in [-0.05, 0) is 43.2 Å². The van der Waals surface area contributed by atoms with Crippen LogP contribution in [0.25, 0.3) is 0 Å². The molecule has 124 valence electrons. The topological polar surface area (TPSA) is 67.4 Å². The first-order chi connectivity index (χ1) is 11.6. The van der Waals surface area contributed by atoms with Gasteiger partial charge in [0.05, 0.1) is 10.7 Å². The number of anilines is 2. The first-order valence-corrected chi connectivity index (χ1v) is 8.10. The molecule has 1 atom stereocenters. The maximum Gasteiger partial charge on any atom is 0.255 e. The molecular formula is C18H17ClN2O3. The lowest BCUT2D eigenvalue weighted by molar-refractivity contribution is -0.124. The Labute approximate surface area is 145 Å². The number of carbonyl (C=O) groups excluding carboxylic acids is 2. The molecule has 0 aliphatic carbocycles. The maximum atomic E-state index is 12.1. The van der Waals surface area contributed by atoms with Crippen molar-refractivity contribution in [2.24, 2.45) is 0 Å². The average Bonchev–Trinajstić information content (AvgIpc) is 3.13. The lowest BCUT2D eigenvalue weighted by Crippen LogP contribution is -2.27. The molecule has 24 heavy (non-hydrogen) atoms. The second kappa shape index (κ2) is 7.47. The highest BCUT2D eigenvalue weighted by atomic mass is 35.5. The molecule has 1 heterocycles. The molecular weight excluding hydrogens is 328 g/mol. The number of carbonyl (C=O) groups is 2. The number of ether oxygens (including phenoxy) is 1. The molecule has 6 heteroatoms. The monoisotopic (exact) mass is 344 g/mol. The van der Waals surface area contributed by atoms with Gasteiger partial charge in [-0.3, -0.25) is 9.59 Å². The van der Waals surface area contributed by atoms with Gasteiger partial charge in [-0.15, -0.1) is 0 Å². The molecule has 1 aliphatic heterocycles. The van der Waals surface area contributed by atoms with Gasteiger partial charge in [0.2, 0.25) is 0 Å². The third kappa shape index (κ3) is 3.93. The highest BCUT2D eigenvalue weighted by Crippen LogP contribution is 2.26. The normalized spacial score (nSPS) is 16.6. The van der Waals surface area contributed by atoms with E-state index in [2.05, 4.69) is 10.6 Å².